The van der Waals surface area contributed by atoms with E-state index in [9.17, 15) is 9.59 Å². The van der Waals surface area contributed by atoms with Gasteiger partial charge in [-0.1, -0.05) is 0 Å². The number of hydrogen-bond acceptors (Lipinski definition) is 4. The van der Waals surface area contributed by atoms with E-state index in [2.05, 4.69) is 10.6 Å². The van der Waals surface area contributed by atoms with Crippen molar-refractivity contribution in [1.82, 2.24) is 20.4 Å². The highest BCUT2D eigenvalue weighted by Crippen LogP contribution is 2.27. The van der Waals surface area contributed by atoms with Crippen LogP contribution in [0.1, 0.15) is 12.8 Å². The number of nitrogens with one attached hydrogen (secondary N) is 2. The van der Waals surface area contributed by atoms with Crippen molar-refractivity contribution in [3.05, 3.63) is 0 Å². The molecule has 1 unspecified atom stereocenters. The van der Waals surface area contributed by atoms with E-state index in [-0.39, 0.29) is 17.9 Å². The molecule has 6 nitrogen and oxygen atoms in total. The number of rotatable bonds is 5. The first-order chi connectivity index (χ1) is 9.08. The van der Waals surface area contributed by atoms with Gasteiger partial charge in [-0.15, -0.1) is 0 Å². The molecule has 0 aromatic rings. The molecule has 2 amide bonds. The van der Waals surface area contributed by atoms with Crippen molar-refractivity contribution in [3.8, 4) is 0 Å². The van der Waals surface area contributed by atoms with Crippen LogP contribution in [0.2, 0.25) is 0 Å². The first kappa shape index (κ1) is 14.3. The molecule has 2 rings (SSSR count). The van der Waals surface area contributed by atoms with Gasteiger partial charge >= 0.3 is 0 Å². The summed E-state index contributed by atoms with van der Waals surface area (Å²) in [4.78, 5) is 27.5. The maximum atomic E-state index is 12.1. The lowest BCUT2D eigenvalue weighted by Gasteiger charge is -2.35. The van der Waals surface area contributed by atoms with E-state index in [0.29, 0.717) is 19.0 Å². The maximum absolute atomic E-state index is 12.1. The van der Waals surface area contributed by atoms with Gasteiger partial charge in [-0.25, -0.2) is 0 Å². The van der Waals surface area contributed by atoms with E-state index in [4.69, 9.17) is 0 Å². The molecule has 108 valence electrons. The molecular weight excluding hydrogens is 244 g/mol. The van der Waals surface area contributed by atoms with Crippen LogP contribution in [0.5, 0.6) is 0 Å². The van der Waals surface area contributed by atoms with Crippen LogP contribution in [0.4, 0.5) is 0 Å². The number of carbonyl (C=O) groups excluding carboxylic acids is 2. The average molecular weight is 268 g/mol. The Labute approximate surface area is 114 Å². The Morgan fingerprint density at radius 3 is 2.74 bits per heavy atom. The van der Waals surface area contributed by atoms with Gasteiger partial charge in [0.05, 0.1) is 6.54 Å². The van der Waals surface area contributed by atoms with E-state index >= 15 is 0 Å². The Bertz CT molecular complexity index is 342. The van der Waals surface area contributed by atoms with Crippen LogP contribution in [-0.2, 0) is 9.59 Å². The standard InChI is InChI=1S/C13H24N4O2/c1-16(2)13(19)11-8-14-5-6-17(11)9-12(18)15-7-10-3-4-10/h10-11,14H,3-9H2,1-2H3,(H,15,18). The molecule has 19 heavy (non-hydrogen) atoms. The number of nitrogens with zero attached hydrogens (tertiary/aromatic N) is 2. The Hall–Kier alpha value is -1.14. The number of likely N-dealkylation sites (N-methyl/N-ethyl adjacent to an activating group) is 1. The fourth-order valence-corrected chi connectivity index (χ4v) is 2.30. The molecule has 1 atom stereocenters. The second-order valence-corrected chi connectivity index (χ2v) is 5.67. The summed E-state index contributed by atoms with van der Waals surface area (Å²) >= 11 is 0. The zero-order chi connectivity index (χ0) is 13.8. The van der Waals surface area contributed by atoms with Crippen molar-refractivity contribution >= 4 is 11.8 Å². The molecule has 6 heteroatoms. The maximum Gasteiger partial charge on any atom is 0.240 e. The summed E-state index contributed by atoms with van der Waals surface area (Å²) in [6.45, 7) is 3.29. The Morgan fingerprint density at radius 2 is 2.11 bits per heavy atom. The summed E-state index contributed by atoms with van der Waals surface area (Å²) in [5, 5.41) is 6.17. The molecule has 0 aromatic heterocycles. The van der Waals surface area contributed by atoms with Crippen molar-refractivity contribution in [2.75, 3.05) is 46.8 Å². The van der Waals surface area contributed by atoms with Gasteiger partial charge in [0.2, 0.25) is 11.8 Å². The highest BCUT2D eigenvalue weighted by molar-refractivity contribution is 5.83. The summed E-state index contributed by atoms with van der Waals surface area (Å²) in [6.07, 6.45) is 2.46. The SMILES string of the molecule is CN(C)C(=O)C1CNCCN1CC(=O)NCC1CC1. The van der Waals surface area contributed by atoms with Crippen molar-refractivity contribution in [2.24, 2.45) is 5.92 Å². The molecular formula is C13H24N4O2. The number of amides is 2. The monoisotopic (exact) mass is 268 g/mol. The van der Waals surface area contributed by atoms with Crippen LogP contribution in [0.15, 0.2) is 0 Å². The second-order valence-electron chi connectivity index (χ2n) is 5.67. The third kappa shape index (κ3) is 4.18. The zero-order valence-electron chi connectivity index (χ0n) is 11.8. The van der Waals surface area contributed by atoms with Gasteiger partial charge in [0.25, 0.3) is 0 Å². The first-order valence-electron chi connectivity index (χ1n) is 7.00. The topological polar surface area (TPSA) is 64.7 Å². The molecule has 2 aliphatic rings. The lowest BCUT2D eigenvalue weighted by molar-refractivity contribution is -0.136. The third-order valence-corrected chi connectivity index (χ3v) is 3.71. The lowest BCUT2D eigenvalue weighted by Crippen LogP contribution is -2.59. The van der Waals surface area contributed by atoms with E-state index in [1.807, 2.05) is 4.90 Å². The van der Waals surface area contributed by atoms with Crippen LogP contribution in [0, 0.1) is 5.92 Å². The zero-order valence-corrected chi connectivity index (χ0v) is 11.8. The van der Waals surface area contributed by atoms with Crippen LogP contribution in [0.3, 0.4) is 0 Å². The van der Waals surface area contributed by atoms with E-state index < -0.39 is 0 Å². The minimum Gasteiger partial charge on any atom is -0.355 e. The molecule has 1 saturated heterocycles. The van der Waals surface area contributed by atoms with Gasteiger partial charge in [0.1, 0.15) is 6.04 Å². The summed E-state index contributed by atoms with van der Waals surface area (Å²) < 4.78 is 0. The van der Waals surface area contributed by atoms with Crippen molar-refractivity contribution in [1.29, 1.82) is 0 Å². The van der Waals surface area contributed by atoms with Gasteiger partial charge in [0, 0.05) is 40.3 Å². The number of hydrogen-bond donors (Lipinski definition) is 2. The van der Waals surface area contributed by atoms with E-state index in [1.165, 1.54) is 12.8 Å². The normalized spacial score (nSPS) is 24.0. The molecule has 1 heterocycles. The molecule has 0 radical (unpaired) electrons. The Balaban J connectivity index is 1.83. The number of piperazine rings is 1. The molecule has 1 aliphatic carbocycles. The predicted octanol–water partition coefficient (Wildman–Crippen LogP) is -1.13. The van der Waals surface area contributed by atoms with Gasteiger partial charge < -0.3 is 15.5 Å². The molecule has 2 N–H and O–H groups in total. The van der Waals surface area contributed by atoms with Gasteiger partial charge in [-0.3, -0.25) is 14.5 Å². The van der Waals surface area contributed by atoms with Gasteiger partial charge in [-0.05, 0) is 18.8 Å². The smallest absolute Gasteiger partial charge is 0.240 e. The van der Waals surface area contributed by atoms with Gasteiger partial charge in [-0.2, -0.15) is 0 Å². The van der Waals surface area contributed by atoms with Crippen LogP contribution in [0.25, 0.3) is 0 Å². The highest BCUT2D eigenvalue weighted by atomic mass is 16.2. The Kier molecular flexibility index (Phi) is 4.76. The van der Waals surface area contributed by atoms with Crippen molar-refractivity contribution in [3.63, 3.8) is 0 Å². The first-order valence-corrected chi connectivity index (χ1v) is 7.00. The fraction of sp³-hybridized carbons (Fsp3) is 0.846. The molecule has 0 aromatic carbocycles. The average Bonchev–Trinajstić information content (AvgIpc) is 3.20. The minimum atomic E-state index is -0.226. The molecule has 1 saturated carbocycles. The van der Waals surface area contributed by atoms with Crippen molar-refractivity contribution in [2.45, 2.75) is 18.9 Å². The van der Waals surface area contributed by atoms with Crippen LogP contribution < -0.4 is 10.6 Å². The van der Waals surface area contributed by atoms with Crippen LogP contribution >= 0.6 is 0 Å². The summed E-state index contributed by atoms with van der Waals surface area (Å²) in [6, 6.07) is -0.226. The quantitative estimate of drug-likeness (QED) is 0.662. The highest BCUT2D eigenvalue weighted by Gasteiger charge is 2.31. The lowest BCUT2D eigenvalue weighted by atomic mass is 10.1. The molecule has 0 spiro atoms. The largest absolute Gasteiger partial charge is 0.355 e. The molecule has 0 bridgehead atoms. The molecule has 1 aliphatic heterocycles. The summed E-state index contributed by atoms with van der Waals surface area (Å²) in [7, 11) is 3.50. The predicted molar refractivity (Wildman–Crippen MR) is 72.7 cm³/mol. The minimum absolute atomic E-state index is 0.0327. The second kappa shape index (κ2) is 6.34. The van der Waals surface area contributed by atoms with Crippen LogP contribution in [-0.4, -0.2) is 74.5 Å². The summed E-state index contributed by atoms with van der Waals surface area (Å²) in [5.74, 6) is 0.777. The molecule has 2 fully saturated rings. The number of carbonyl (C=O) groups is 2. The van der Waals surface area contributed by atoms with Crippen molar-refractivity contribution < 1.29 is 9.59 Å². The Morgan fingerprint density at radius 1 is 1.37 bits per heavy atom. The summed E-state index contributed by atoms with van der Waals surface area (Å²) in [5.41, 5.74) is 0. The van der Waals surface area contributed by atoms with E-state index in [1.54, 1.807) is 19.0 Å². The third-order valence-electron chi connectivity index (χ3n) is 3.71. The van der Waals surface area contributed by atoms with E-state index in [0.717, 1.165) is 19.6 Å². The van der Waals surface area contributed by atoms with Gasteiger partial charge in [0.15, 0.2) is 0 Å². The fourth-order valence-electron chi connectivity index (χ4n) is 2.30.